The van der Waals surface area contributed by atoms with Gasteiger partial charge in [-0.2, -0.15) is 19.6 Å². The summed E-state index contributed by atoms with van der Waals surface area (Å²) in [5.74, 6) is -0.272. The highest BCUT2D eigenvalue weighted by molar-refractivity contribution is 4.78. The predicted molar refractivity (Wildman–Crippen MR) is 56.2 cm³/mol. The van der Waals surface area contributed by atoms with Crippen LogP contribution >= 0.6 is 0 Å². The molecule has 2 rings (SSSR count). The molecular weight excluding hydrogens is 228 g/mol. The summed E-state index contributed by atoms with van der Waals surface area (Å²) in [5, 5.41) is 17.6. The summed E-state index contributed by atoms with van der Waals surface area (Å²) < 4.78 is 0. The van der Waals surface area contributed by atoms with Crippen LogP contribution in [0.25, 0.3) is 0 Å². The molecule has 0 aromatic rings. The highest BCUT2D eigenvalue weighted by Crippen LogP contribution is 2.39. The third-order valence-electron chi connectivity index (χ3n) is 3.38. The number of hydrogen-bond donors (Lipinski definition) is 2. The van der Waals surface area contributed by atoms with Crippen molar-refractivity contribution in [3.05, 3.63) is 0 Å². The van der Waals surface area contributed by atoms with Gasteiger partial charge in [0.05, 0.1) is 0 Å². The van der Waals surface area contributed by atoms with Crippen molar-refractivity contribution in [2.75, 3.05) is 13.2 Å². The Morgan fingerprint density at radius 2 is 1.53 bits per heavy atom. The highest BCUT2D eigenvalue weighted by atomic mass is 17.4. The van der Waals surface area contributed by atoms with Gasteiger partial charge in [0, 0.05) is 32.5 Å². The van der Waals surface area contributed by atoms with Crippen LogP contribution in [0.15, 0.2) is 0 Å². The van der Waals surface area contributed by atoms with Crippen LogP contribution in [0, 0.1) is 5.92 Å². The fourth-order valence-electron chi connectivity index (χ4n) is 2.27. The molecule has 0 radical (unpaired) electrons. The standard InChI is InChI=1S/C11H20O6/c12-7-3-9-1-5-11(6-2-9)16-14-10(4-8-13)15-17-11/h9-10,12-13H,1-8H2. The SMILES string of the molecule is OCCC1CCC2(CC1)OOC(CCO)OO2. The summed E-state index contributed by atoms with van der Waals surface area (Å²) in [6, 6.07) is 0. The van der Waals surface area contributed by atoms with Crippen LogP contribution < -0.4 is 0 Å². The zero-order valence-corrected chi connectivity index (χ0v) is 9.84. The molecule has 1 spiro atoms. The largest absolute Gasteiger partial charge is 0.396 e. The molecule has 0 aromatic carbocycles. The van der Waals surface area contributed by atoms with E-state index in [2.05, 4.69) is 0 Å². The van der Waals surface area contributed by atoms with Gasteiger partial charge in [0.15, 0.2) is 0 Å². The molecule has 0 bridgehead atoms. The molecule has 1 heterocycles. The molecule has 6 nitrogen and oxygen atoms in total. The molecule has 2 aliphatic rings. The van der Waals surface area contributed by atoms with Gasteiger partial charge in [-0.25, -0.2) is 0 Å². The molecule has 100 valence electrons. The molecule has 0 atom stereocenters. The Morgan fingerprint density at radius 3 is 2.06 bits per heavy atom. The van der Waals surface area contributed by atoms with Crippen molar-refractivity contribution in [1.29, 1.82) is 0 Å². The van der Waals surface area contributed by atoms with Gasteiger partial charge in [-0.05, 0) is 25.2 Å². The van der Waals surface area contributed by atoms with E-state index in [4.69, 9.17) is 29.8 Å². The van der Waals surface area contributed by atoms with Crippen molar-refractivity contribution in [2.45, 2.75) is 50.6 Å². The lowest BCUT2D eigenvalue weighted by atomic mass is 9.83. The van der Waals surface area contributed by atoms with Crippen molar-refractivity contribution in [3.63, 3.8) is 0 Å². The summed E-state index contributed by atoms with van der Waals surface area (Å²) in [4.78, 5) is 20.7. The normalized spacial score (nSPS) is 38.5. The summed E-state index contributed by atoms with van der Waals surface area (Å²) >= 11 is 0. The lowest BCUT2D eigenvalue weighted by Crippen LogP contribution is -2.46. The second-order valence-electron chi connectivity index (χ2n) is 4.67. The summed E-state index contributed by atoms with van der Waals surface area (Å²) in [5.41, 5.74) is 0. The molecule has 1 aliphatic carbocycles. The van der Waals surface area contributed by atoms with Crippen LogP contribution in [-0.4, -0.2) is 35.5 Å². The molecule has 6 heteroatoms. The minimum Gasteiger partial charge on any atom is -0.396 e. The van der Waals surface area contributed by atoms with Gasteiger partial charge in [0.2, 0.25) is 12.1 Å². The van der Waals surface area contributed by atoms with Crippen LogP contribution in [0.5, 0.6) is 0 Å². The van der Waals surface area contributed by atoms with Crippen LogP contribution in [0.2, 0.25) is 0 Å². The Kier molecular flexibility index (Phi) is 4.72. The van der Waals surface area contributed by atoms with Crippen molar-refractivity contribution >= 4 is 0 Å². The van der Waals surface area contributed by atoms with E-state index in [1.807, 2.05) is 0 Å². The van der Waals surface area contributed by atoms with E-state index in [0.717, 1.165) is 19.3 Å². The molecule has 17 heavy (non-hydrogen) atoms. The van der Waals surface area contributed by atoms with Crippen molar-refractivity contribution in [2.24, 2.45) is 5.92 Å². The van der Waals surface area contributed by atoms with Crippen LogP contribution in [-0.2, 0) is 19.6 Å². The van der Waals surface area contributed by atoms with Crippen LogP contribution in [0.3, 0.4) is 0 Å². The Labute approximate surface area is 100 Å². The first-order valence-electron chi connectivity index (χ1n) is 6.19. The van der Waals surface area contributed by atoms with E-state index in [9.17, 15) is 0 Å². The van der Waals surface area contributed by atoms with Crippen LogP contribution in [0.1, 0.15) is 38.5 Å². The van der Waals surface area contributed by atoms with Gasteiger partial charge in [-0.1, -0.05) is 0 Å². The Morgan fingerprint density at radius 1 is 0.941 bits per heavy atom. The molecule has 0 aromatic heterocycles. The molecule has 1 aliphatic heterocycles. The molecule has 2 N–H and O–H groups in total. The fraction of sp³-hybridized carbons (Fsp3) is 1.00. The third kappa shape index (κ3) is 3.37. The second-order valence-corrected chi connectivity index (χ2v) is 4.67. The van der Waals surface area contributed by atoms with Gasteiger partial charge in [0.25, 0.3) is 0 Å². The van der Waals surface area contributed by atoms with E-state index in [1.54, 1.807) is 0 Å². The maximum Gasteiger partial charge on any atom is 0.234 e. The second kappa shape index (κ2) is 6.08. The average molecular weight is 248 g/mol. The fourth-order valence-corrected chi connectivity index (χ4v) is 2.27. The molecule has 2 fully saturated rings. The van der Waals surface area contributed by atoms with Crippen molar-refractivity contribution in [1.82, 2.24) is 0 Å². The van der Waals surface area contributed by atoms with Gasteiger partial charge in [-0.3, -0.25) is 0 Å². The zero-order valence-electron chi connectivity index (χ0n) is 9.84. The predicted octanol–water partition coefficient (Wildman–Crippen LogP) is 0.874. The number of aliphatic hydroxyl groups excluding tert-OH is 2. The molecular formula is C11H20O6. The zero-order chi connectivity index (χ0) is 12.1. The highest BCUT2D eigenvalue weighted by Gasteiger charge is 2.44. The Hall–Kier alpha value is -0.240. The summed E-state index contributed by atoms with van der Waals surface area (Å²) in [7, 11) is 0. The van der Waals surface area contributed by atoms with E-state index < -0.39 is 12.1 Å². The average Bonchev–Trinajstić information content (AvgIpc) is 2.36. The van der Waals surface area contributed by atoms with E-state index in [-0.39, 0.29) is 13.2 Å². The quantitative estimate of drug-likeness (QED) is 0.719. The third-order valence-corrected chi connectivity index (χ3v) is 3.38. The molecule has 1 saturated carbocycles. The van der Waals surface area contributed by atoms with E-state index in [0.29, 0.717) is 25.2 Å². The topological polar surface area (TPSA) is 77.4 Å². The minimum absolute atomic E-state index is 0.0387. The van der Waals surface area contributed by atoms with Crippen molar-refractivity contribution in [3.8, 4) is 0 Å². The summed E-state index contributed by atoms with van der Waals surface area (Å²) in [6.07, 6.45) is 3.75. The van der Waals surface area contributed by atoms with Crippen molar-refractivity contribution < 1.29 is 29.8 Å². The first-order chi connectivity index (χ1) is 8.28. The Bertz CT molecular complexity index is 190. The molecule has 0 unspecified atom stereocenters. The van der Waals surface area contributed by atoms with E-state index >= 15 is 0 Å². The van der Waals surface area contributed by atoms with Crippen LogP contribution in [0.4, 0.5) is 0 Å². The number of rotatable bonds is 4. The van der Waals surface area contributed by atoms with Gasteiger partial charge >= 0.3 is 0 Å². The number of aliphatic hydroxyl groups is 2. The Balaban J connectivity index is 1.76. The monoisotopic (exact) mass is 248 g/mol. The molecule has 1 saturated heterocycles. The lowest BCUT2D eigenvalue weighted by molar-refractivity contribution is -0.629. The first-order valence-corrected chi connectivity index (χ1v) is 6.19. The van der Waals surface area contributed by atoms with E-state index in [1.165, 1.54) is 0 Å². The number of hydrogen-bond acceptors (Lipinski definition) is 6. The van der Waals surface area contributed by atoms with Gasteiger partial charge in [-0.15, -0.1) is 0 Å². The van der Waals surface area contributed by atoms with Gasteiger partial charge in [0.1, 0.15) is 0 Å². The first kappa shape index (κ1) is 13.2. The van der Waals surface area contributed by atoms with Gasteiger partial charge < -0.3 is 10.2 Å². The summed E-state index contributed by atoms with van der Waals surface area (Å²) in [6.45, 7) is 0.188. The minimum atomic E-state index is -0.794. The maximum absolute atomic E-state index is 8.88. The smallest absolute Gasteiger partial charge is 0.234 e. The molecule has 0 amide bonds. The maximum atomic E-state index is 8.88. The lowest BCUT2D eigenvalue weighted by Gasteiger charge is -2.40.